The van der Waals surface area contributed by atoms with E-state index in [1.54, 1.807) is 10.7 Å². The average molecular weight is 436 g/mol. The van der Waals surface area contributed by atoms with Crippen LogP contribution in [-0.4, -0.2) is 38.2 Å². The third kappa shape index (κ3) is 4.06. The number of rotatable bonds is 8. The van der Waals surface area contributed by atoms with E-state index in [1.807, 2.05) is 42.9 Å². The number of amidine groups is 1. The van der Waals surface area contributed by atoms with Crippen LogP contribution in [0.4, 0.5) is 4.39 Å². The number of hydrogen-bond acceptors (Lipinski definition) is 5. The van der Waals surface area contributed by atoms with Gasteiger partial charge >= 0.3 is 0 Å². The zero-order valence-corrected chi connectivity index (χ0v) is 18.1. The number of nitrogens with two attached hydrogens (primary N) is 2. The lowest BCUT2D eigenvalue weighted by Gasteiger charge is -2.13. The molecule has 0 saturated carbocycles. The summed E-state index contributed by atoms with van der Waals surface area (Å²) in [7, 11) is 1.81. The van der Waals surface area contributed by atoms with Gasteiger partial charge in [-0.25, -0.2) is 9.37 Å². The molecule has 0 amide bonds. The Morgan fingerprint density at radius 1 is 1.22 bits per heavy atom. The fourth-order valence-electron chi connectivity index (χ4n) is 3.81. The van der Waals surface area contributed by atoms with E-state index in [-0.39, 0.29) is 18.3 Å². The van der Waals surface area contributed by atoms with Crippen LogP contribution in [0.15, 0.2) is 42.7 Å². The maximum atomic E-state index is 14.1. The van der Waals surface area contributed by atoms with E-state index in [2.05, 4.69) is 10.1 Å². The van der Waals surface area contributed by atoms with Gasteiger partial charge < -0.3 is 20.6 Å². The second-order valence-corrected chi connectivity index (χ2v) is 7.62. The lowest BCUT2D eigenvalue weighted by molar-refractivity contribution is 0.321. The van der Waals surface area contributed by atoms with E-state index in [4.69, 9.17) is 21.6 Å². The fraction of sp³-hybridized carbons (Fsp3) is 0.261. The highest BCUT2D eigenvalue weighted by Crippen LogP contribution is 2.31. The SMILES string of the molecule is Cc1c(CCOc2cc(F)ccc2-c2ccc3ncc(CCN)n3c2)c(C(=N)N)nn1C. The predicted octanol–water partition coefficient (Wildman–Crippen LogP) is 2.59. The summed E-state index contributed by atoms with van der Waals surface area (Å²) < 4.78 is 23.8. The van der Waals surface area contributed by atoms with Crippen LogP contribution in [0.5, 0.6) is 5.75 Å². The van der Waals surface area contributed by atoms with Gasteiger partial charge in [-0.1, -0.05) is 0 Å². The molecule has 1 aromatic carbocycles. The van der Waals surface area contributed by atoms with Gasteiger partial charge in [0, 0.05) is 66.4 Å². The number of aryl methyl sites for hydroxylation is 1. The zero-order valence-electron chi connectivity index (χ0n) is 18.1. The van der Waals surface area contributed by atoms with E-state index in [1.165, 1.54) is 12.1 Å². The number of nitrogens with one attached hydrogen (secondary N) is 1. The van der Waals surface area contributed by atoms with Crippen LogP contribution in [-0.2, 0) is 19.9 Å². The number of pyridine rings is 1. The van der Waals surface area contributed by atoms with Gasteiger partial charge in [-0.2, -0.15) is 5.10 Å². The molecule has 8 nitrogen and oxygen atoms in total. The summed E-state index contributed by atoms with van der Waals surface area (Å²) in [6.07, 6.45) is 4.98. The molecule has 5 N–H and O–H groups in total. The Balaban J connectivity index is 1.62. The lowest BCUT2D eigenvalue weighted by Crippen LogP contribution is -2.15. The summed E-state index contributed by atoms with van der Waals surface area (Å²) in [4.78, 5) is 4.41. The summed E-state index contributed by atoms with van der Waals surface area (Å²) in [6, 6.07) is 8.37. The van der Waals surface area contributed by atoms with Gasteiger partial charge in [0.1, 0.15) is 28.7 Å². The fourth-order valence-corrected chi connectivity index (χ4v) is 3.81. The Morgan fingerprint density at radius 2 is 2.03 bits per heavy atom. The van der Waals surface area contributed by atoms with Gasteiger partial charge in [0.2, 0.25) is 0 Å². The van der Waals surface area contributed by atoms with Crippen molar-refractivity contribution >= 4 is 11.5 Å². The Bertz CT molecular complexity index is 1290. The van der Waals surface area contributed by atoms with Crippen LogP contribution < -0.4 is 16.2 Å². The first-order valence-corrected chi connectivity index (χ1v) is 10.3. The minimum absolute atomic E-state index is 0.0861. The first-order valence-electron chi connectivity index (χ1n) is 10.3. The van der Waals surface area contributed by atoms with Crippen molar-refractivity contribution in [1.29, 1.82) is 5.41 Å². The number of halogens is 1. The Morgan fingerprint density at radius 3 is 2.78 bits per heavy atom. The Kier molecular flexibility index (Phi) is 5.91. The molecule has 0 spiro atoms. The van der Waals surface area contributed by atoms with Gasteiger partial charge in [0.05, 0.1) is 6.61 Å². The highest BCUT2D eigenvalue weighted by molar-refractivity contribution is 5.94. The van der Waals surface area contributed by atoms with Gasteiger partial charge in [-0.15, -0.1) is 0 Å². The van der Waals surface area contributed by atoms with Crippen LogP contribution in [0.3, 0.4) is 0 Å². The molecule has 0 aliphatic heterocycles. The maximum absolute atomic E-state index is 14.1. The summed E-state index contributed by atoms with van der Waals surface area (Å²) in [5.74, 6) is -0.0221. The largest absolute Gasteiger partial charge is 0.492 e. The minimum Gasteiger partial charge on any atom is -0.492 e. The van der Waals surface area contributed by atoms with Gasteiger partial charge in [0.15, 0.2) is 0 Å². The van der Waals surface area contributed by atoms with Crippen molar-refractivity contribution in [3.05, 3.63) is 71.2 Å². The summed E-state index contributed by atoms with van der Waals surface area (Å²) in [5.41, 5.74) is 17.1. The normalized spacial score (nSPS) is 11.2. The maximum Gasteiger partial charge on any atom is 0.144 e. The lowest BCUT2D eigenvalue weighted by atomic mass is 10.1. The quantitative estimate of drug-likeness (QED) is 0.290. The van der Waals surface area contributed by atoms with Crippen LogP contribution in [0, 0.1) is 18.2 Å². The summed E-state index contributed by atoms with van der Waals surface area (Å²) >= 11 is 0. The minimum atomic E-state index is -0.377. The number of nitrogens with zero attached hydrogens (tertiary/aromatic N) is 4. The van der Waals surface area contributed by atoms with Crippen molar-refractivity contribution in [1.82, 2.24) is 19.2 Å². The monoisotopic (exact) mass is 435 g/mol. The molecule has 3 heterocycles. The molecule has 0 fully saturated rings. The molecular weight excluding hydrogens is 409 g/mol. The van der Waals surface area contributed by atoms with Gasteiger partial charge in [-0.05, 0) is 37.7 Å². The van der Waals surface area contributed by atoms with Crippen molar-refractivity contribution in [3.8, 4) is 16.9 Å². The van der Waals surface area contributed by atoms with E-state index in [9.17, 15) is 4.39 Å². The van der Waals surface area contributed by atoms with Crippen molar-refractivity contribution in [3.63, 3.8) is 0 Å². The number of imidazole rings is 1. The topological polar surface area (TPSA) is 120 Å². The molecule has 0 radical (unpaired) electrons. The average Bonchev–Trinajstić information content (AvgIpc) is 3.29. The molecule has 0 aliphatic rings. The molecule has 0 atom stereocenters. The highest BCUT2D eigenvalue weighted by Gasteiger charge is 2.16. The molecule has 9 heteroatoms. The third-order valence-corrected chi connectivity index (χ3v) is 5.56. The zero-order chi connectivity index (χ0) is 22.8. The first-order chi connectivity index (χ1) is 15.4. The molecule has 4 aromatic rings. The highest BCUT2D eigenvalue weighted by atomic mass is 19.1. The molecule has 0 aliphatic carbocycles. The third-order valence-electron chi connectivity index (χ3n) is 5.56. The van der Waals surface area contributed by atoms with Crippen molar-refractivity contribution in [2.24, 2.45) is 18.5 Å². The Labute approximate surface area is 185 Å². The van der Waals surface area contributed by atoms with Crippen molar-refractivity contribution in [2.45, 2.75) is 19.8 Å². The standard InChI is InChI=1S/C23H26FN7O/c1-14-18(22(23(26)27)29-30(14)2)8-10-32-20-11-16(24)4-5-19(20)15-3-6-21-28-12-17(7-9-25)31(21)13-15/h3-6,11-13H,7-10,25H2,1-2H3,(H3,26,27). The first kappa shape index (κ1) is 21.5. The number of aromatic nitrogens is 4. The molecule has 0 unspecified atom stereocenters. The number of hydrogen-bond donors (Lipinski definition) is 3. The van der Waals surface area contributed by atoms with Crippen molar-refractivity contribution in [2.75, 3.05) is 13.2 Å². The molecular formula is C23H26FN7O. The Hall–Kier alpha value is -3.72. The van der Waals surface area contributed by atoms with Crippen LogP contribution >= 0.6 is 0 Å². The van der Waals surface area contributed by atoms with E-state index in [0.717, 1.165) is 33.7 Å². The number of ether oxygens (including phenoxy) is 1. The number of fused-ring (bicyclic) bond motifs is 1. The van der Waals surface area contributed by atoms with Gasteiger partial charge in [-0.3, -0.25) is 10.1 Å². The summed E-state index contributed by atoms with van der Waals surface area (Å²) in [5, 5.41) is 12.1. The van der Waals surface area contributed by atoms with Crippen LogP contribution in [0.2, 0.25) is 0 Å². The van der Waals surface area contributed by atoms with Crippen LogP contribution in [0.1, 0.15) is 22.6 Å². The second kappa shape index (κ2) is 8.80. The molecule has 32 heavy (non-hydrogen) atoms. The van der Waals surface area contributed by atoms with E-state index >= 15 is 0 Å². The molecule has 0 bridgehead atoms. The van der Waals surface area contributed by atoms with E-state index in [0.29, 0.717) is 30.8 Å². The van der Waals surface area contributed by atoms with Gasteiger partial charge in [0.25, 0.3) is 0 Å². The second-order valence-electron chi connectivity index (χ2n) is 7.62. The van der Waals surface area contributed by atoms with Crippen LogP contribution in [0.25, 0.3) is 16.8 Å². The molecule has 4 rings (SSSR count). The molecule has 166 valence electrons. The smallest absolute Gasteiger partial charge is 0.144 e. The van der Waals surface area contributed by atoms with Crippen molar-refractivity contribution < 1.29 is 9.13 Å². The summed E-state index contributed by atoms with van der Waals surface area (Å²) in [6.45, 7) is 2.73. The predicted molar refractivity (Wildman–Crippen MR) is 122 cm³/mol. The molecule has 3 aromatic heterocycles. The molecule has 0 saturated heterocycles. The van der Waals surface area contributed by atoms with E-state index < -0.39 is 0 Å². The number of nitrogen functional groups attached to an aromatic ring is 1. The number of benzene rings is 1.